The Morgan fingerprint density at radius 1 is 1.33 bits per heavy atom. The maximum atomic E-state index is 12.3. The van der Waals surface area contributed by atoms with E-state index in [1.807, 2.05) is 17.0 Å². The van der Waals surface area contributed by atoms with Crippen LogP contribution in [-0.4, -0.2) is 43.7 Å². The highest BCUT2D eigenvalue weighted by Gasteiger charge is 2.15. The molecule has 0 aliphatic carbocycles. The Morgan fingerprint density at radius 2 is 2.08 bits per heavy atom. The Bertz CT molecular complexity index is 562. The van der Waals surface area contributed by atoms with Crippen molar-refractivity contribution in [3.8, 4) is 5.75 Å². The summed E-state index contributed by atoms with van der Waals surface area (Å²) in [5.41, 5.74) is 2.33. The molecule has 0 radical (unpaired) electrons. The SMILES string of the molecule is CCCOc1ccc(C=CC(=O)N2CCOCC2)c(C(C)CC)c1. The first-order valence-electron chi connectivity index (χ1n) is 8.97. The molecule has 0 saturated carbocycles. The van der Waals surface area contributed by atoms with E-state index in [0.717, 1.165) is 30.8 Å². The lowest BCUT2D eigenvalue weighted by molar-refractivity contribution is -0.129. The van der Waals surface area contributed by atoms with E-state index in [1.165, 1.54) is 5.56 Å². The molecule has 1 saturated heterocycles. The zero-order valence-corrected chi connectivity index (χ0v) is 15.1. The number of carbonyl (C=O) groups excluding carboxylic acids is 1. The summed E-state index contributed by atoms with van der Waals surface area (Å²) in [5, 5.41) is 0. The van der Waals surface area contributed by atoms with Gasteiger partial charge in [0.1, 0.15) is 5.75 Å². The van der Waals surface area contributed by atoms with Gasteiger partial charge < -0.3 is 14.4 Å². The summed E-state index contributed by atoms with van der Waals surface area (Å²) in [6.45, 7) is 9.81. The smallest absolute Gasteiger partial charge is 0.246 e. The van der Waals surface area contributed by atoms with Crippen LogP contribution < -0.4 is 4.74 Å². The molecule has 0 spiro atoms. The molecular weight excluding hydrogens is 302 g/mol. The van der Waals surface area contributed by atoms with Gasteiger partial charge in [-0.3, -0.25) is 4.79 Å². The van der Waals surface area contributed by atoms with Gasteiger partial charge in [0.05, 0.1) is 19.8 Å². The molecule has 2 rings (SSSR count). The van der Waals surface area contributed by atoms with Crippen LogP contribution in [0.3, 0.4) is 0 Å². The fraction of sp³-hybridized carbons (Fsp3) is 0.550. The molecule has 0 N–H and O–H groups in total. The van der Waals surface area contributed by atoms with Gasteiger partial charge >= 0.3 is 0 Å². The molecule has 1 aliphatic heterocycles. The summed E-state index contributed by atoms with van der Waals surface area (Å²) in [7, 11) is 0. The van der Waals surface area contributed by atoms with Crippen molar-refractivity contribution in [1.82, 2.24) is 4.90 Å². The molecule has 1 aromatic carbocycles. The summed E-state index contributed by atoms with van der Waals surface area (Å²) >= 11 is 0. The maximum absolute atomic E-state index is 12.3. The quantitative estimate of drug-likeness (QED) is 0.712. The third kappa shape index (κ3) is 5.10. The zero-order valence-electron chi connectivity index (χ0n) is 15.1. The van der Waals surface area contributed by atoms with Gasteiger partial charge in [-0.2, -0.15) is 0 Å². The van der Waals surface area contributed by atoms with Crippen molar-refractivity contribution in [2.75, 3.05) is 32.9 Å². The van der Waals surface area contributed by atoms with Gasteiger partial charge in [0.15, 0.2) is 0 Å². The van der Waals surface area contributed by atoms with E-state index in [1.54, 1.807) is 6.08 Å². The number of ether oxygens (including phenoxy) is 2. The van der Waals surface area contributed by atoms with E-state index >= 15 is 0 Å². The van der Waals surface area contributed by atoms with E-state index in [0.29, 0.717) is 32.2 Å². The van der Waals surface area contributed by atoms with E-state index in [4.69, 9.17) is 9.47 Å². The number of morpholine rings is 1. The zero-order chi connectivity index (χ0) is 17.4. The summed E-state index contributed by atoms with van der Waals surface area (Å²) in [6, 6.07) is 6.15. The van der Waals surface area contributed by atoms with Crippen LogP contribution >= 0.6 is 0 Å². The number of hydrogen-bond donors (Lipinski definition) is 0. The second kappa shape index (κ2) is 9.48. The van der Waals surface area contributed by atoms with Crippen LogP contribution in [0, 0.1) is 0 Å². The molecule has 0 aromatic heterocycles. The maximum Gasteiger partial charge on any atom is 0.246 e. The summed E-state index contributed by atoms with van der Waals surface area (Å²) in [6.07, 6.45) is 5.66. The molecule has 1 aliphatic rings. The highest BCUT2D eigenvalue weighted by atomic mass is 16.5. The Labute approximate surface area is 145 Å². The van der Waals surface area contributed by atoms with Crippen LogP contribution in [0.15, 0.2) is 24.3 Å². The lowest BCUT2D eigenvalue weighted by Gasteiger charge is -2.25. The standard InChI is InChI=1S/C20H29NO3/c1-4-12-24-18-8-6-17(19(15-18)16(3)5-2)7-9-20(22)21-10-13-23-14-11-21/h6-9,15-16H,4-5,10-14H2,1-3H3. The summed E-state index contributed by atoms with van der Waals surface area (Å²) in [4.78, 5) is 14.1. The predicted octanol–water partition coefficient (Wildman–Crippen LogP) is 3.86. The van der Waals surface area contributed by atoms with Crippen molar-refractivity contribution >= 4 is 12.0 Å². The van der Waals surface area contributed by atoms with Gasteiger partial charge in [0, 0.05) is 19.2 Å². The van der Waals surface area contributed by atoms with Crippen molar-refractivity contribution in [1.29, 1.82) is 0 Å². The predicted molar refractivity (Wildman–Crippen MR) is 97.4 cm³/mol. The Morgan fingerprint density at radius 3 is 2.75 bits per heavy atom. The molecule has 4 nitrogen and oxygen atoms in total. The third-order valence-corrected chi connectivity index (χ3v) is 4.40. The van der Waals surface area contributed by atoms with Crippen molar-refractivity contribution in [2.45, 2.75) is 39.5 Å². The van der Waals surface area contributed by atoms with Gasteiger partial charge in [-0.1, -0.05) is 26.8 Å². The second-order valence-electron chi connectivity index (χ2n) is 6.22. The molecule has 1 atom stereocenters. The van der Waals surface area contributed by atoms with Crippen LogP contribution in [0.2, 0.25) is 0 Å². The minimum Gasteiger partial charge on any atom is -0.494 e. The van der Waals surface area contributed by atoms with Crippen LogP contribution in [-0.2, 0) is 9.53 Å². The normalized spacial score (nSPS) is 16.4. The molecule has 1 unspecified atom stereocenters. The van der Waals surface area contributed by atoms with Gasteiger partial charge in [-0.25, -0.2) is 0 Å². The highest BCUT2D eigenvalue weighted by Crippen LogP contribution is 2.28. The molecule has 1 aromatic rings. The van der Waals surface area contributed by atoms with Crippen molar-refractivity contribution in [3.05, 3.63) is 35.4 Å². The topological polar surface area (TPSA) is 38.8 Å². The van der Waals surface area contributed by atoms with Crippen LogP contribution in [0.4, 0.5) is 0 Å². The number of rotatable bonds is 7. The molecule has 132 valence electrons. The fourth-order valence-electron chi connectivity index (χ4n) is 2.71. The average Bonchev–Trinajstić information content (AvgIpc) is 2.64. The largest absolute Gasteiger partial charge is 0.494 e. The first-order chi connectivity index (χ1) is 11.7. The Kier molecular flexibility index (Phi) is 7.32. The fourth-order valence-corrected chi connectivity index (χ4v) is 2.71. The molecular formula is C20H29NO3. The van der Waals surface area contributed by atoms with E-state index in [-0.39, 0.29) is 5.91 Å². The average molecular weight is 331 g/mol. The minimum absolute atomic E-state index is 0.0553. The molecule has 1 heterocycles. The van der Waals surface area contributed by atoms with E-state index in [2.05, 4.69) is 32.9 Å². The van der Waals surface area contributed by atoms with Crippen LogP contribution in [0.25, 0.3) is 6.08 Å². The monoisotopic (exact) mass is 331 g/mol. The van der Waals surface area contributed by atoms with E-state index in [9.17, 15) is 4.79 Å². The van der Waals surface area contributed by atoms with Gasteiger partial charge in [-0.05, 0) is 48.1 Å². The number of nitrogens with zero attached hydrogens (tertiary/aromatic N) is 1. The minimum atomic E-state index is 0.0553. The van der Waals surface area contributed by atoms with E-state index < -0.39 is 0 Å². The molecule has 4 heteroatoms. The summed E-state index contributed by atoms with van der Waals surface area (Å²) < 4.78 is 11.0. The van der Waals surface area contributed by atoms with Gasteiger partial charge in [0.25, 0.3) is 0 Å². The Hall–Kier alpha value is -1.81. The molecule has 0 bridgehead atoms. The number of carbonyl (C=O) groups is 1. The Balaban J connectivity index is 2.14. The van der Waals surface area contributed by atoms with Crippen LogP contribution in [0.5, 0.6) is 5.75 Å². The third-order valence-electron chi connectivity index (χ3n) is 4.40. The lowest BCUT2D eigenvalue weighted by atomic mass is 9.93. The second-order valence-corrected chi connectivity index (χ2v) is 6.22. The van der Waals surface area contributed by atoms with Gasteiger partial charge in [-0.15, -0.1) is 0 Å². The number of benzene rings is 1. The number of hydrogen-bond acceptors (Lipinski definition) is 3. The number of amides is 1. The first-order valence-corrected chi connectivity index (χ1v) is 8.97. The van der Waals surface area contributed by atoms with Crippen molar-refractivity contribution in [3.63, 3.8) is 0 Å². The van der Waals surface area contributed by atoms with Crippen LogP contribution in [0.1, 0.15) is 50.7 Å². The van der Waals surface area contributed by atoms with Gasteiger partial charge in [0.2, 0.25) is 5.91 Å². The molecule has 1 amide bonds. The highest BCUT2D eigenvalue weighted by molar-refractivity contribution is 5.92. The first kappa shape index (κ1) is 18.5. The summed E-state index contributed by atoms with van der Waals surface area (Å²) in [5.74, 6) is 1.39. The lowest BCUT2D eigenvalue weighted by Crippen LogP contribution is -2.39. The van der Waals surface area contributed by atoms with Crippen molar-refractivity contribution < 1.29 is 14.3 Å². The molecule has 24 heavy (non-hydrogen) atoms. The molecule has 1 fully saturated rings. The van der Waals surface area contributed by atoms with Crippen molar-refractivity contribution in [2.24, 2.45) is 0 Å².